The number of hydrogen-bond acceptors (Lipinski definition) is 4. The normalized spacial score (nSPS) is 14.9. The fourth-order valence-electron chi connectivity index (χ4n) is 4.21. The van der Waals surface area contributed by atoms with Gasteiger partial charge in [-0.25, -0.2) is 14.0 Å². The number of halogens is 1. The van der Waals surface area contributed by atoms with Gasteiger partial charge in [0.05, 0.1) is 19.7 Å². The maximum atomic E-state index is 14.4. The molecule has 1 heterocycles. The third-order valence-electron chi connectivity index (χ3n) is 5.75. The van der Waals surface area contributed by atoms with Crippen LogP contribution in [-0.4, -0.2) is 47.3 Å². The minimum atomic E-state index is -1.15. The van der Waals surface area contributed by atoms with E-state index in [1.54, 1.807) is 4.90 Å². The van der Waals surface area contributed by atoms with E-state index in [0.717, 1.165) is 16.7 Å². The smallest absolute Gasteiger partial charge is 0.345 e. The highest BCUT2D eigenvalue weighted by Crippen LogP contribution is 2.40. The maximum absolute atomic E-state index is 14.4. The number of rotatable bonds is 7. The monoisotopic (exact) mass is 464 g/mol. The molecule has 3 aromatic rings. The van der Waals surface area contributed by atoms with Crippen molar-refractivity contribution in [2.75, 3.05) is 20.3 Å². The molecule has 1 aliphatic rings. The first-order valence-electron chi connectivity index (χ1n) is 10.9. The zero-order valence-electron chi connectivity index (χ0n) is 18.7. The van der Waals surface area contributed by atoms with E-state index in [9.17, 15) is 14.0 Å². The summed E-state index contributed by atoms with van der Waals surface area (Å²) in [6, 6.07) is 19.9. The van der Waals surface area contributed by atoms with E-state index in [0.29, 0.717) is 18.5 Å². The predicted octanol–water partition coefficient (Wildman–Crippen LogP) is 4.42. The summed E-state index contributed by atoms with van der Waals surface area (Å²) >= 11 is 0. The Bertz CT molecular complexity index is 1170. The highest BCUT2D eigenvalue weighted by Gasteiger charge is 2.36. The van der Waals surface area contributed by atoms with Crippen molar-refractivity contribution in [3.05, 3.63) is 101 Å². The van der Waals surface area contributed by atoms with Crippen LogP contribution in [0.4, 0.5) is 9.18 Å². The first-order chi connectivity index (χ1) is 16.5. The number of carbonyl (C=O) groups excluding carboxylic acids is 1. The van der Waals surface area contributed by atoms with Crippen molar-refractivity contribution in [3.63, 3.8) is 0 Å². The average molecular weight is 464 g/mol. The van der Waals surface area contributed by atoms with Gasteiger partial charge in [0.1, 0.15) is 11.6 Å². The van der Waals surface area contributed by atoms with Crippen molar-refractivity contribution in [1.29, 1.82) is 0 Å². The number of amides is 2. The zero-order valence-corrected chi connectivity index (χ0v) is 18.7. The predicted molar refractivity (Wildman–Crippen MR) is 123 cm³/mol. The Balaban J connectivity index is 1.75. The molecule has 8 heteroatoms. The first kappa shape index (κ1) is 23.3. The van der Waals surface area contributed by atoms with Crippen LogP contribution in [0.15, 0.2) is 72.8 Å². The molecule has 2 amide bonds. The second kappa shape index (κ2) is 10.4. The summed E-state index contributed by atoms with van der Waals surface area (Å²) in [4.78, 5) is 31.8. The third-order valence-corrected chi connectivity index (χ3v) is 5.75. The lowest BCUT2D eigenvalue weighted by molar-refractivity contribution is -0.139. The van der Waals surface area contributed by atoms with E-state index in [1.165, 1.54) is 30.4 Å². The second-order valence-corrected chi connectivity index (χ2v) is 7.90. The van der Waals surface area contributed by atoms with Crippen LogP contribution in [0.2, 0.25) is 0 Å². The van der Waals surface area contributed by atoms with Crippen LogP contribution in [0.25, 0.3) is 0 Å². The van der Waals surface area contributed by atoms with Crippen LogP contribution in [0, 0.1) is 5.82 Å². The molecule has 1 aliphatic heterocycles. The quantitative estimate of drug-likeness (QED) is 0.524. The molecule has 3 aromatic carbocycles. The van der Waals surface area contributed by atoms with Gasteiger partial charge in [-0.3, -0.25) is 4.84 Å². The van der Waals surface area contributed by atoms with E-state index in [-0.39, 0.29) is 18.3 Å². The molecular formula is C26H25FN2O5. The molecule has 34 heavy (non-hydrogen) atoms. The van der Waals surface area contributed by atoms with Crippen LogP contribution >= 0.6 is 0 Å². The molecular weight excluding hydrogens is 439 g/mol. The zero-order chi connectivity index (χ0) is 24.1. The lowest BCUT2D eigenvalue weighted by Crippen LogP contribution is -2.47. The van der Waals surface area contributed by atoms with Gasteiger partial charge in [0.25, 0.3) is 0 Å². The van der Waals surface area contributed by atoms with Crippen LogP contribution < -0.4 is 4.74 Å². The fraction of sp³-hybridized carbons (Fsp3) is 0.231. The lowest BCUT2D eigenvalue weighted by Gasteiger charge is -2.40. The molecule has 0 aromatic heterocycles. The molecule has 0 radical (unpaired) electrons. The highest BCUT2D eigenvalue weighted by atomic mass is 19.1. The summed E-state index contributed by atoms with van der Waals surface area (Å²) < 4.78 is 19.9. The summed E-state index contributed by atoms with van der Waals surface area (Å²) in [5.74, 6) is -1.46. The number of hydroxylamine groups is 2. The van der Waals surface area contributed by atoms with E-state index in [1.807, 2.05) is 54.6 Å². The largest absolute Gasteiger partial charge is 0.482 e. The van der Waals surface area contributed by atoms with Crippen LogP contribution in [-0.2, 0) is 22.6 Å². The molecule has 0 fully saturated rings. The van der Waals surface area contributed by atoms with Gasteiger partial charge in [0.2, 0.25) is 0 Å². The van der Waals surface area contributed by atoms with Gasteiger partial charge < -0.3 is 14.7 Å². The Morgan fingerprint density at radius 2 is 1.79 bits per heavy atom. The Hall–Kier alpha value is -3.91. The molecule has 1 unspecified atom stereocenters. The van der Waals surface area contributed by atoms with Crippen LogP contribution in [0.5, 0.6) is 5.75 Å². The number of carboxylic acid groups (broad SMARTS) is 1. The van der Waals surface area contributed by atoms with Gasteiger partial charge in [-0.1, -0.05) is 54.6 Å². The highest BCUT2D eigenvalue weighted by molar-refractivity contribution is 5.75. The third kappa shape index (κ3) is 5.02. The SMILES string of the molecule is CON(Cc1ccccc1)C(=O)N1CCc2ccccc2C1c1cc(F)ccc1OCC(=O)O. The number of urea groups is 1. The number of benzene rings is 3. The molecule has 7 nitrogen and oxygen atoms in total. The number of carbonyl (C=O) groups is 2. The minimum Gasteiger partial charge on any atom is -0.482 e. The summed E-state index contributed by atoms with van der Waals surface area (Å²) in [6.07, 6.45) is 0.613. The summed E-state index contributed by atoms with van der Waals surface area (Å²) in [5.41, 5.74) is 3.11. The number of aliphatic carboxylic acids is 1. The summed E-state index contributed by atoms with van der Waals surface area (Å²) in [5, 5.41) is 10.3. The van der Waals surface area contributed by atoms with Crippen molar-refractivity contribution < 1.29 is 28.7 Å². The molecule has 4 rings (SSSR count). The molecule has 0 aliphatic carbocycles. The standard InChI is InChI=1S/C26H25FN2O5/c1-33-29(16-18-7-3-2-4-8-18)26(32)28-14-13-19-9-5-6-10-21(19)25(28)22-15-20(27)11-12-23(22)34-17-24(30)31/h2-12,15,25H,13-14,16-17H2,1H3,(H,30,31). The molecule has 1 N–H and O–H groups in total. The van der Waals surface area contributed by atoms with Crippen molar-refractivity contribution >= 4 is 12.0 Å². The number of ether oxygens (including phenoxy) is 1. The van der Waals surface area contributed by atoms with Gasteiger partial charge in [-0.05, 0) is 41.3 Å². The minimum absolute atomic E-state index is 0.204. The molecule has 0 bridgehead atoms. The van der Waals surface area contributed by atoms with Crippen molar-refractivity contribution in [2.24, 2.45) is 0 Å². The van der Waals surface area contributed by atoms with Gasteiger partial charge in [-0.15, -0.1) is 0 Å². The topological polar surface area (TPSA) is 79.3 Å². The van der Waals surface area contributed by atoms with Crippen molar-refractivity contribution in [1.82, 2.24) is 9.96 Å². The van der Waals surface area contributed by atoms with Crippen molar-refractivity contribution in [2.45, 2.75) is 19.0 Å². The van der Waals surface area contributed by atoms with E-state index < -0.39 is 24.4 Å². The molecule has 0 spiro atoms. The molecule has 176 valence electrons. The summed E-state index contributed by atoms with van der Waals surface area (Å²) in [7, 11) is 1.43. The van der Waals surface area contributed by atoms with Gasteiger partial charge >= 0.3 is 12.0 Å². The van der Waals surface area contributed by atoms with Crippen molar-refractivity contribution in [3.8, 4) is 5.75 Å². The maximum Gasteiger partial charge on any atom is 0.345 e. The Labute approximate surface area is 196 Å². The number of nitrogens with zero attached hydrogens (tertiary/aromatic N) is 2. The van der Waals surface area contributed by atoms with E-state index in [4.69, 9.17) is 14.7 Å². The average Bonchev–Trinajstić information content (AvgIpc) is 2.86. The van der Waals surface area contributed by atoms with Gasteiger partial charge in [-0.2, -0.15) is 5.06 Å². The first-order valence-corrected chi connectivity index (χ1v) is 10.9. The van der Waals surface area contributed by atoms with Gasteiger partial charge in [0, 0.05) is 12.1 Å². The molecule has 0 saturated heterocycles. The van der Waals surface area contributed by atoms with Crippen LogP contribution in [0.3, 0.4) is 0 Å². The fourth-order valence-corrected chi connectivity index (χ4v) is 4.21. The summed E-state index contributed by atoms with van der Waals surface area (Å²) in [6.45, 7) is 0.00968. The Morgan fingerprint density at radius 3 is 2.53 bits per heavy atom. The number of fused-ring (bicyclic) bond motifs is 1. The second-order valence-electron chi connectivity index (χ2n) is 7.90. The number of hydrogen-bond donors (Lipinski definition) is 1. The Morgan fingerprint density at radius 1 is 1.06 bits per heavy atom. The van der Waals surface area contributed by atoms with Gasteiger partial charge in [0.15, 0.2) is 6.61 Å². The Kier molecular flexibility index (Phi) is 7.08. The molecule has 0 saturated carbocycles. The van der Waals surface area contributed by atoms with E-state index in [2.05, 4.69) is 0 Å². The molecule has 1 atom stereocenters. The van der Waals surface area contributed by atoms with E-state index >= 15 is 0 Å². The number of carboxylic acids is 1. The van der Waals surface area contributed by atoms with Crippen LogP contribution in [0.1, 0.15) is 28.3 Å². The lowest BCUT2D eigenvalue weighted by atomic mass is 9.88.